The minimum Gasteiger partial charge on any atom is -0.334 e. The molecule has 0 aliphatic rings. The van der Waals surface area contributed by atoms with Gasteiger partial charge in [0.2, 0.25) is 0 Å². The number of nitrogens with zero attached hydrogens (tertiary/aromatic N) is 1. The quantitative estimate of drug-likeness (QED) is 0.844. The van der Waals surface area contributed by atoms with Gasteiger partial charge in [-0.15, -0.1) is 0 Å². The second-order valence-corrected chi connectivity index (χ2v) is 6.69. The Labute approximate surface area is 126 Å². The first kappa shape index (κ1) is 15.3. The summed E-state index contributed by atoms with van der Waals surface area (Å²) in [4.78, 5) is 15.5. The van der Waals surface area contributed by atoms with Crippen LogP contribution in [0.4, 0.5) is 10.5 Å². The number of nitrogens with one attached hydrogen (secondary N) is 2. The third-order valence-electron chi connectivity index (χ3n) is 2.58. The van der Waals surface area contributed by atoms with Crippen LogP contribution in [0.25, 0.3) is 0 Å². The van der Waals surface area contributed by atoms with Crippen LogP contribution < -0.4 is 10.6 Å². The van der Waals surface area contributed by atoms with Crippen molar-refractivity contribution in [2.75, 3.05) is 5.32 Å². The van der Waals surface area contributed by atoms with E-state index in [2.05, 4.69) is 15.6 Å². The van der Waals surface area contributed by atoms with E-state index in [-0.39, 0.29) is 4.90 Å². The first-order chi connectivity index (χ1) is 9.95. The lowest BCUT2D eigenvalue weighted by Gasteiger charge is -2.08. The zero-order valence-corrected chi connectivity index (χ0v) is 12.4. The van der Waals surface area contributed by atoms with E-state index in [4.69, 9.17) is 10.7 Å². The maximum absolute atomic E-state index is 11.7. The van der Waals surface area contributed by atoms with Gasteiger partial charge < -0.3 is 10.6 Å². The summed E-state index contributed by atoms with van der Waals surface area (Å²) >= 11 is 0. The summed E-state index contributed by atoms with van der Waals surface area (Å²) in [5.74, 6) is 0. The third-order valence-corrected chi connectivity index (χ3v) is 3.93. The van der Waals surface area contributed by atoms with Crippen molar-refractivity contribution in [1.29, 1.82) is 0 Å². The minimum absolute atomic E-state index is 0.0731. The van der Waals surface area contributed by atoms with Gasteiger partial charge in [0.25, 0.3) is 9.05 Å². The lowest BCUT2D eigenvalue weighted by molar-refractivity contribution is 0.251. The highest BCUT2D eigenvalue weighted by molar-refractivity contribution is 8.13. The number of hydrogen-bond donors (Lipinski definition) is 2. The lowest BCUT2D eigenvalue weighted by Crippen LogP contribution is -2.28. The highest BCUT2D eigenvalue weighted by Gasteiger charge is 2.11. The first-order valence-corrected chi connectivity index (χ1v) is 8.24. The molecular formula is C13H12ClN3O3S. The van der Waals surface area contributed by atoms with Crippen LogP contribution in [0.3, 0.4) is 0 Å². The second-order valence-electron chi connectivity index (χ2n) is 4.13. The van der Waals surface area contributed by atoms with Crippen LogP contribution in [0.5, 0.6) is 0 Å². The normalized spacial score (nSPS) is 10.9. The molecule has 2 N–H and O–H groups in total. The van der Waals surface area contributed by atoms with E-state index in [9.17, 15) is 13.2 Å². The first-order valence-electron chi connectivity index (χ1n) is 5.93. The maximum Gasteiger partial charge on any atom is 0.319 e. The van der Waals surface area contributed by atoms with Gasteiger partial charge in [0.15, 0.2) is 0 Å². The number of anilines is 1. The number of benzene rings is 1. The number of urea groups is 1. The molecule has 0 aliphatic heterocycles. The molecule has 1 aromatic carbocycles. The Balaban J connectivity index is 1.97. The molecule has 1 aromatic heterocycles. The highest BCUT2D eigenvalue weighted by Crippen LogP contribution is 2.18. The van der Waals surface area contributed by atoms with Crippen LogP contribution in [0.2, 0.25) is 0 Å². The van der Waals surface area contributed by atoms with Crippen molar-refractivity contribution in [2.24, 2.45) is 0 Å². The Morgan fingerprint density at radius 3 is 2.57 bits per heavy atom. The highest BCUT2D eigenvalue weighted by atomic mass is 35.7. The summed E-state index contributed by atoms with van der Waals surface area (Å²) in [5.41, 5.74) is 1.24. The number of rotatable bonds is 4. The van der Waals surface area contributed by atoms with Crippen molar-refractivity contribution in [3.8, 4) is 0 Å². The van der Waals surface area contributed by atoms with Crippen LogP contribution >= 0.6 is 10.7 Å². The molecule has 110 valence electrons. The molecule has 6 nitrogen and oxygen atoms in total. The average molecular weight is 326 g/mol. The maximum atomic E-state index is 11.7. The van der Waals surface area contributed by atoms with E-state index in [0.717, 1.165) is 5.56 Å². The van der Waals surface area contributed by atoms with E-state index in [1.165, 1.54) is 18.2 Å². The van der Waals surface area contributed by atoms with Gasteiger partial charge in [0.1, 0.15) is 0 Å². The number of aromatic nitrogens is 1. The molecular weight excluding hydrogens is 314 g/mol. The van der Waals surface area contributed by atoms with Crippen molar-refractivity contribution < 1.29 is 13.2 Å². The fourth-order valence-corrected chi connectivity index (χ4v) is 2.38. The zero-order valence-electron chi connectivity index (χ0n) is 10.8. The van der Waals surface area contributed by atoms with Crippen molar-refractivity contribution >= 4 is 31.5 Å². The van der Waals surface area contributed by atoms with Gasteiger partial charge in [-0.1, -0.05) is 6.07 Å². The number of amides is 2. The molecule has 0 saturated heterocycles. The molecule has 0 unspecified atom stereocenters. The number of pyridine rings is 1. The van der Waals surface area contributed by atoms with E-state index in [1.807, 2.05) is 0 Å². The van der Waals surface area contributed by atoms with Crippen LogP contribution in [0.15, 0.2) is 53.7 Å². The summed E-state index contributed by atoms with van der Waals surface area (Å²) in [7, 11) is 1.42. The number of carbonyl (C=O) groups is 1. The lowest BCUT2D eigenvalue weighted by atomic mass is 10.3. The topological polar surface area (TPSA) is 88.2 Å². The van der Waals surface area contributed by atoms with Crippen molar-refractivity contribution in [1.82, 2.24) is 10.3 Å². The molecule has 0 bridgehead atoms. The number of hydrogen-bond acceptors (Lipinski definition) is 4. The van der Waals surface area contributed by atoms with Crippen molar-refractivity contribution in [3.63, 3.8) is 0 Å². The summed E-state index contributed by atoms with van der Waals surface area (Å²) < 4.78 is 22.4. The van der Waals surface area contributed by atoms with Crippen LogP contribution in [0, 0.1) is 0 Å². The molecule has 21 heavy (non-hydrogen) atoms. The average Bonchev–Trinajstić information content (AvgIpc) is 2.46. The fourth-order valence-electron chi connectivity index (χ4n) is 1.58. The summed E-state index contributed by atoms with van der Waals surface area (Å²) in [6, 6.07) is 8.81. The molecule has 0 fully saturated rings. The van der Waals surface area contributed by atoms with Gasteiger partial charge in [-0.3, -0.25) is 4.98 Å². The summed E-state index contributed by atoms with van der Waals surface area (Å²) in [6.45, 7) is 0.335. The Kier molecular flexibility index (Phi) is 4.77. The number of carbonyl (C=O) groups excluding carboxylic acids is 1. The Bertz CT molecular complexity index is 735. The molecule has 2 aromatic rings. The van der Waals surface area contributed by atoms with Crippen LogP contribution in [-0.4, -0.2) is 19.4 Å². The molecule has 0 radical (unpaired) electrons. The molecule has 0 atom stereocenters. The van der Waals surface area contributed by atoms with Gasteiger partial charge in [-0.25, -0.2) is 13.2 Å². The molecule has 0 saturated carbocycles. The Morgan fingerprint density at radius 2 is 1.90 bits per heavy atom. The summed E-state index contributed by atoms with van der Waals surface area (Å²) in [6.07, 6.45) is 3.26. The van der Waals surface area contributed by atoms with Gasteiger partial charge >= 0.3 is 6.03 Å². The van der Waals surface area contributed by atoms with E-state index in [1.54, 1.807) is 30.6 Å². The Morgan fingerprint density at radius 1 is 1.19 bits per heavy atom. The third kappa shape index (κ3) is 4.73. The van der Waals surface area contributed by atoms with Gasteiger partial charge in [0.05, 0.1) is 4.90 Å². The SMILES string of the molecule is O=C(NCc1ccncc1)Nc1cccc(S(=O)(=O)Cl)c1. The minimum atomic E-state index is -3.82. The van der Waals surface area contributed by atoms with E-state index in [0.29, 0.717) is 12.2 Å². The molecule has 0 aliphatic carbocycles. The Hall–Kier alpha value is -2.12. The van der Waals surface area contributed by atoms with Crippen LogP contribution in [-0.2, 0) is 15.6 Å². The van der Waals surface area contributed by atoms with E-state index >= 15 is 0 Å². The molecule has 2 rings (SSSR count). The van der Waals surface area contributed by atoms with Gasteiger partial charge in [-0.05, 0) is 35.9 Å². The smallest absolute Gasteiger partial charge is 0.319 e. The largest absolute Gasteiger partial charge is 0.334 e. The second kappa shape index (κ2) is 6.55. The van der Waals surface area contributed by atoms with Gasteiger partial charge in [0, 0.05) is 35.3 Å². The van der Waals surface area contributed by atoms with Crippen molar-refractivity contribution in [2.45, 2.75) is 11.4 Å². The molecule has 2 amide bonds. The van der Waals surface area contributed by atoms with Gasteiger partial charge in [-0.2, -0.15) is 0 Å². The standard InChI is InChI=1S/C13H12ClN3O3S/c14-21(19,20)12-3-1-2-11(8-12)17-13(18)16-9-10-4-6-15-7-5-10/h1-8H,9H2,(H2,16,17,18). The predicted octanol–water partition coefficient (Wildman–Crippen LogP) is 2.33. The zero-order chi connectivity index (χ0) is 15.3. The van der Waals surface area contributed by atoms with Crippen LogP contribution in [0.1, 0.15) is 5.56 Å². The molecule has 1 heterocycles. The van der Waals surface area contributed by atoms with Crippen molar-refractivity contribution in [3.05, 3.63) is 54.4 Å². The molecule has 0 spiro atoms. The monoisotopic (exact) mass is 325 g/mol. The summed E-state index contributed by atoms with van der Waals surface area (Å²) in [5, 5.41) is 5.18. The predicted molar refractivity (Wildman–Crippen MR) is 79.6 cm³/mol. The van der Waals surface area contributed by atoms with E-state index < -0.39 is 15.1 Å². The number of halogens is 1. The fraction of sp³-hybridized carbons (Fsp3) is 0.0769. The molecule has 8 heteroatoms.